The highest BCUT2D eigenvalue weighted by Crippen LogP contribution is 2.34. The standard InChI is InChI=1S/C31H27FN8O/c1-2-28(41)35-23-11-21(13-33-14-23)19-4-5-26-24(12-19)30(39-38-26)31-36-27-16-34-15-25(29(27)37-31)20-8-18(9-22(32)10-20)17-40-6-3-7-40/h4-5,8-16H,2-3,6-7,17H2,1H3,(H,35,41)(H,36,37)(H,38,39). The summed E-state index contributed by atoms with van der Waals surface area (Å²) >= 11 is 0. The number of hydrogen-bond acceptors (Lipinski definition) is 6. The topological polar surface area (TPSA) is 115 Å². The van der Waals surface area contributed by atoms with E-state index in [2.05, 4.69) is 35.4 Å². The molecule has 3 N–H and O–H groups in total. The van der Waals surface area contributed by atoms with Gasteiger partial charge in [-0.2, -0.15) is 5.10 Å². The van der Waals surface area contributed by atoms with E-state index in [1.54, 1.807) is 30.9 Å². The minimum Gasteiger partial charge on any atom is -0.335 e. The van der Waals surface area contributed by atoms with E-state index in [-0.39, 0.29) is 11.7 Å². The van der Waals surface area contributed by atoms with E-state index in [0.29, 0.717) is 29.1 Å². The van der Waals surface area contributed by atoms with Crippen molar-refractivity contribution in [3.05, 3.63) is 78.6 Å². The summed E-state index contributed by atoms with van der Waals surface area (Å²) in [6.07, 6.45) is 8.42. The molecule has 1 amide bonds. The van der Waals surface area contributed by atoms with Gasteiger partial charge in [0.15, 0.2) is 5.82 Å². The van der Waals surface area contributed by atoms with E-state index in [9.17, 15) is 9.18 Å². The molecule has 1 fully saturated rings. The van der Waals surface area contributed by atoms with Gasteiger partial charge in [0.25, 0.3) is 0 Å². The molecule has 204 valence electrons. The number of aromatic amines is 2. The van der Waals surface area contributed by atoms with Crippen molar-refractivity contribution in [3.63, 3.8) is 0 Å². The zero-order valence-corrected chi connectivity index (χ0v) is 22.4. The molecule has 9 nitrogen and oxygen atoms in total. The summed E-state index contributed by atoms with van der Waals surface area (Å²) in [5.74, 6) is 0.238. The average molecular weight is 547 g/mol. The number of nitrogens with one attached hydrogen (secondary N) is 3. The van der Waals surface area contributed by atoms with Crippen LogP contribution in [-0.4, -0.2) is 54.0 Å². The third-order valence-corrected chi connectivity index (χ3v) is 7.48. The van der Waals surface area contributed by atoms with Gasteiger partial charge in [-0.15, -0.1) is 0 Å². The number of hydrogen-bond donors (Lipinski definition) is 3. The van der Waals surface area contributed by atoms with Crippen LogP contribution in [0.1, 0.15) is 25.3 Å². The van der Waals surface area contributed by atoms with Gasteiger partial charge in [0.1, 0.15) is 11.5 Å². The lowest BCUT2D eigenvalue weighted by Crippen LogP contribution is -2.36. The highest BCUT2D eigenvalue weighted by Gasteiger charge is 2.18. The molecule has 0 unspecified atom stereocenters. The first-order valence-electron chi connectivity index (χ1n) is 13.6. The Kier molecular flexibility index (Phi) is 6.24. The third-order valence-electron chi connectivity index (χ3n) is 7.48. The fourth-order valence-corrected chi connectivity index (χ4v) is 5.24. The lowest BCUT2D eigenvalue weighted by atomic mass is 10.0. The molecule has 41 heavy (non-hydrogen) atoms. The molecule has 2 aromatic carbocycles. The summed E-state index contributed by atoms with van der Waals surface area (Å²) in [5, 5.41) is 11.4. The van der Waals surface area contributed by atoms with Gasteiger partial charge in [0.05, 0.1) is 34.6 Å². The van der Waals surface area contributed by atoms with Crippen molar-refractivity contribution in [1.29, 1.82) is 0 Å². The second-order valence-corrected chi connectivity index (χ2v) is 10.3. The van der Waals surface area contributed by atoms with Gasteiger partial charge < -0.3 is 10.3 Å². The Hall–Kier alpha value is -4.96. The normalized spacial score (nSPS) is 13.5. The van der Waals surface area contributed by atoms with Gasteiger partial charge in [-0.1, -0.05) is 13.0 Å². The van der Waals surface area contributed by atoms with Crippen molar-refractivity contribution in [3.8, 4) is 33.8 Å². The molecular weight excluding hydrogens is 519 g/mol. The second-order valence-electron chi connectivity index (χ2n) is 10.3. The van der Waals surface area contributed by atoms with Crippen LogP contribution < -0.4 is 5.32 Å². The number of carbonyl (C=O) groups is 1. The molecule has 0 saturated carbocycles. The molecule has 0 bridgehead atoms. The van der Waals surface area contributed by atoms with Crippen molar-refractivity contribution in [2.75, 3.05) is 18.4 Å². The van der Waals surface area contributed by atoms with Gasteiger partial charge >= 0.3 is 0 Å². The summed E-state index contributed by atoms with van der Waals surface area (Å²) < 4.78 is 14.7. The monoisotopic (exact) mass is 546 g/mol. The second kappa shape index (κ2) is 10.2. The molecule has 5 heterocycles. The number of fused-ring (bicyclic) bond motifs is 2. The lowest BCUT2D eigenvalue weighted by molar-refractivity contribution is -0.115. The number of carbonyl (C=O) groups excluding carboxylic acids is 1. The Morgan fingerprint density at radius 2 is 1.85 bits per heavy atom. The Bertz CT molecular complexity index is 1920. The van der Waals surface area contributed by atoms with Crippen LogP contribution in [0, 0.1) is 5.82 Å². The summed E-state index contributed by atoms with van der Waals surface area (Å²) in [5.41, 5.74) is 7.82. The number of halogens is 1. The van der Waals surface area contributed by atoms with Gasteiger partial charge in [0, 0.05) is 41.9 Å². The van der Waals surface area contributed by atoms with Crippen molar-refractivity contribution in [1.82, 2.24) is 35.0 Å². The molecule has 1 aliphatic heterocycles. The molecule has 0 aliphatic carbocycles. The lowest BCUT2D eigenvalue weighted by Gasteiger charge is -2.30. The minimum absolute atomic E-state index is 0.0686. The van der Waals surface area contributed by atoms with Crippen molar-refractivity contribution < 1.29 is 9.18 Å². The number of anilines is 1. The first-order valence-corrected chi connectivity index (χ1v) is 13.6. The maximum Gasteiger partial charge on any atom is 0.224 e. The number of likely N-dealkylation sites (tertiary alicyclic amines) is 1. The van der Waals surface area contributed by atoms with Crippen LogP contribution in [0.25, 0.3) is 55.7 Å². The van der Waals surface area contributed by atoms with Crippen LogP contribution in [0.3, 0.4) is 0 Å². The largest absolute Gasteiger partial charge is 0.335 e. The van der Waals surface area contributed by atoms with Crippen molar-refractivity contribution in [2.24, 2.45) is 0 Å². The molecular formula is C31H27FN8O. The predicted octanol–water partition coefficient (Wildman–Crippen LogP) is 5.92. The number of imidazole rings is 1. The summed E-state index contributed by atoms with van der Waals surface area (Å²) in [4.78, 5) is 31.2. The van der Waals surface area contributed by atoms with E-state index in [4.69, 9.17) is 4.98 Å². The SMILES string of the molecule is CCC(=O)Nc1cncc(-c2ccc3[nH]nc(-c4nc5c(-c6cc(F)cc(CN7CCC7)c6)cncc5[nH]4)c3c2)c1. The van der Waals surface area contributed by atoms with Crippen LogP contribution >= 0.6 is 0 Å². The van der Waals surface area contributed by atoms with Gasteiger partial charge in [0.2, 0.25) is 5.91 Å². The molecule has 0 spiro atoms. The van der Waals surface area contributed by atoms with E-state index in [1.165, 1.54) is 12.5 Å². The van der Waals surface area contributed by atoms with Crippen molar-refractivity contribution >= 4 is 33.5 Å². The Labute approximate surface area is 234 Å². The number of nitrogens with zero attached hydrogens (tertiary/aromatic N) is 5. The molecule has 7 rings (SSSR count). The summed E-state index contributed by atoms with van der Waals surface area (Å²) in [6.45, 7) is 4.62. The smallest absolute Gasteiger partial charge is 0.224 e. The number of H-pyrrole nitrogens is 2. The third kappa shape index (κ3) is 4.82. The van der Waals surface area contributed by atoms with Gasteiger partial charge in [-0.05, 0) is 72.6 Å². The predicted molar refractivity (Wildman–Crippen MR) is 156 cm³/mol. The quantitative estimate of drug-likeness (QED) is 0.229. The highest BCUT2D eigenvalue weighted by atomic mass is 19.1. The fraction of sp³-hybridized carbons (Fsp3) is 0.194. The molecule has 10 heteroatoms. The molecule has 6 aromatic rings. The summed E-state index contributed by atoms with van der Waals surface area (Å²) in [6, 6.07) is 13.0. The highest BCUT2D eigenvalue weighted by molar-refractivity contribution is 5.98. The molecule has 0 atom stereocenters. The maximum absolute atomic E-state index is 14.7. The van der Waals surface area contributed by atoms with Crippen LogP contribution in [0.2, 0.25) is 0 Å². The fourth-order valence-electron chi connectivity index (χ4n) is 5.24. The van der Waals surface area contributed by atoms with E-state index in [0.717, 1.165) is 63.9 Å². The molecule has 4 aromatic heterocycles. The summed E-state index contributed by atoms with van der Waals surface area (Å²) in [7, 11) is 0. The Balaban J connectivity index is 1.27. The Morgan fingerprint density at radius 1 is 0.976 bits per heavy atom. The van der Waals surface area contributed by atoms with Crippen LogP contribution in [0.5, 0.6) is 0 Å². The average Bonchev–Trinajstić information content (AvgIpc) is 3.58. The van der Waals surface area contributed by atoms with Crippen LogP contribution in [0.15, 0.2) is 67.3 Å². The number of aromatic nitrogens is 6. The van der Waals surface area contributed by atoms with Crippen LogP contribution in [-0.2, 0) is 11.3 Å². The number of amides is 1. The van der Waals surface area contributed by atoms with E-state index >= 15 is 0 Å². The first-order chi connectivity index (χ1) is 20.0. The van der Waals surface area contributed by atoms with E-state index in [1.807, 2.05) is 37.3 Å². The minimum atomic E-state index is -0.274. The molecule has 1 aliphatic rings. The number of rotatable bonds is 7. The Morgan fingerprint density at radius 3 is 2.68 bits per heavy atom. The number of pyridine rings is 2. The zero-order chi connectivity index (χ0) is 27.9. The molecule has 1 saturated heterocycles. The van der Waals surface area contributed by atoms with Gasteiger partial charge in [-0.3, -0.25) is 24.8 Å². The van der Waals surface area contributed by atoms with Gasteiger partial charge in [-0.25, -0.2) is 9.37 Å². The number of benzene rings is 2. The van der Waals surface area contributed by atoms with Crippen LogP contribution in [0.4, 0.5) is 10.1 Å². The maximum atomic E-state index is 14.7. The van der Waals surface area contributed by atoms with Crippen molar-refractivity contribution in [2.45, 2.75) is 26.3 Å². The molecule has 0 radical (unpaired) electrons. The first kappa shape index (κ1) is 25.0. The zero-order valence-electron chi connectivity index (χ0n) is 22.4. The van der Waals surface area contributed by atoms with E-state index < -0.39 is 0 Å².